The number of rotatable bonds is 5. The quantitative estimate of drug-likeness (QED) is 0.699. The Kier molecular flexibility index (Phi) is 7.20. The number of hydrogen-bond donors (Lipinski definition) is 1. The highest BCUT2D eigenvalue weighted by molar-refractivity contribution is 7.18. The van der Waals surface area contributed by atoms with Crippen LogP contribution < -0.4 is 5.32 Å². The van der Waals surface area contributed by atoms with Crippen molar-refractivity contribution in [2.45, 2.75) is 39.5 Å². The normalized spacial score (nSPS) is 14.2. The summed E-state index contributed by atoms with van der Waals surface area (Å²) in [6.07, 6.45) is 4.06. The van der Waals surface area contributed by atoms with E-state index in [2.05, 4.69) is 5.32 Å². The minimum Gasteiger partial charge on any atom is -0.462 e. The standard InChI is InChI=1S/C22H25FN2O4S/c1-3-29-22(28)17-14(2)18(21(27)25-12-8-4-5-9-13-25)30-20(17)24-19(26)15-10-6-7-11-16(15)23/h6-7,10-11H,3-5,8-9,12-13H2,1-2H3,(H,24,26). The average molecular weight is 433 g/mol. The van der Waals surface area contributed by atoms with Crippen molar-refractivity contribution in [2.75, 3.05) is 25.0 Å². The number of likely N-dealkylation sites (tertiary alicyclic amines) is 1. The predicted octanol–water partition coefficient (Wildman–Crippen LogP) is 4.64. The van der Waals surface area contributed by atoms with Crippen molar-refractivity contribution in [3.05, 3.63) is 51.7 Å². The second-order valence-electron chi connectivity index (χ2n) is 7.12. The minimum absolute atomic E-state index is 0.140. The molecule has 1 saturated heterocycles. The molecule has 1 aliphatic rings. The number of amides is 2. The Morgan fingerprint density at radius 3 is 2.43 bits per heavy atom. The number of nitrogens with zero attached hydrogens (tertiary/aromatic N) is 1. The van der Waals surface area contributed by atoms with Crippen molar-refractivity contribution >= 4 is 34.1 Å². The second-order valence-corrected chi connectivity index (χ2v) is 8.14. The number of ether oxygens (including phenoxy) is 1. The van der Waals surface area contributed by atoms with E-state index >= 15 is 0 Å². The number of thiophene rings is 1. The third-order valence-electron chi connectivity index (χ3n) is 5.06. The number of esters is 1. The van der Waals surface area contributed by atoms with Crippen molar-refractivity contribution < 1.29 is 23.5 Å². The van der Waals surface area contributed by atoms with Gasteiger partial charge in [0.2, 0.25) is 0 Å². The van der Waals surface area contributed by atoms with Crippen LogP contribution in [0.3, 0.4) is 0 Å². The second kappa shape index (κ2) is 9.84. The zero-order valence-corrected chi connectivity index (χ0v) is 17.9. The van der Waals surface area contributed by atoms with Crippen molar-refractivity contribution in [3.8, 4) is 0 Å². The Balaban J connectivity index is 1.96. The van der Waals surface area contributed by atoms with Gasteiger partial charge in [-0.05, 0) is 44.4 Å². The van der Waals surface area contributed by atoms with Gasteiger partial charge in [0.25, 0.3) is 11.8 Å². The first-order chi connectivity index (χ1) is 14.4. The van der Waals surface area contributed by atoms with Crippen LogP contribution in [0.25, 0.3) is 0 Å². The summed E-state index contributed by atoms with van der Waals surface area (Å²) in [6, 6.07) is 5.59. The van der Waals surface area contributed by atoms with Crippen molar-refractivity contribution in [1.82, 2.24) is 4.90 Å². The fourth-order valence-electron chi connectivity index (χ4n) is 3.49. The summed E-state index contributed by atoms with van der Waals surface area (Å²) < 4.78 is 19.1. The topological polar surface area (TPSA) is 75.7 Å². The number of anilines is 1. The SMILES string of the molecule is CCOC(=O)c1c(NC(=O)c2ccccc2F)sc(C(=O)N2CCCCCC2)c1C. The maximum atomic E-state index is 14.0. The molecule has 0 bridgehead atoms. The summed E-state index contributed by atoms with van der Waals surface area (Å²) in [6.45, 7) is 4.85. The van der Waals surface area contributed by atoms with E-state index in [1.54, 1.807) is 24.8 Å². The molecule has 2 aromatic rings. The van der Waals surface area contributed by atoms with E-state index in [1.807, 2.05) is 0 Å². The highest BCUT2D eigenvalue weighted by atomic mass is 32.1. The van der Waals surface area contributed by atoms with E-state index in [-0.39, 0.29) is 28.6 Å². The molecule has 8 heteroatoms. The van der Waals surface area contributed by atoms with Crippen LogP contribution in [0.4, 0.5) is 9.39 Å². The minimum atomic E-state index is -0.686. The lowest BCUT2D eigenvalue weighted by Crippen LogP contribution is -2.31. The molecule has 0 radical (unpaired) electrons. The molecule has 30 heavy (non-hydrogen) atoms. The van der Waals surface area contributed by atoms with E-state index in [1.165, 1.54) is 18.2 Å². The molecule has 1 aromatic carbocycles. The van der Waals surface area contributed by atoms with Gasteiger partial charge in [-0.1, -0.05) is 25.0 Å². The van der Waals surface area contributed by atoms with Crippen molar-refractivity contribution in [3.63, 3.8) is 0 Å². The van der Waals surface area contributed by atoms with Gasteiger partial charge in [0.1, 0.15) is 10.8 Å². The fraction of sp³-hybridized carbons (Fsp3) is 0.409. The molecule has 1 N–H and O–H groups in total. The summed E-state index contributed by atoms with van der Waals surface area (Å²) >= 11 is 1.03. The summed E-state index contributed by atoms with van der Waals surface area (Å²) in [5.41, 5.74) is 0.472. The number of benzene rings is 1. The predicted molar refractivity (Wildman–Crippen MR) is 114 cm³/mol. The first-order valence-corrected chi connectivity index (χ1v) is 10.9. The number of nitrogens with one attached hydrogen (secondary N) is 1. The highest BCUT2D eigenvalue weighted by Gasteiger charge is 2.29. The Morgan fingerprint density at radius 2 is 1.80 bits per heavy atom. The lowest BCUT2D eigenvalue weighted by Gasteiger charge is -2.19. The molecule has 0 aliphatic carbocycles. The molecule has 1 aromatic heterocycles. The van der Waals surface area contributed by atoms with E-state index in [4.69, 9.17) is 4.74 Å². The molecule has 1 fully saturated rings. The fourth-order valence-corrected chi connectivity index (χ4v) is 4.65. The number of carbonyl (C=O) groups excluding carboxylic acids is 3. The molecule has 0 unspecified atom stereocenters. The summed E-state index contributed by atoms with van der Waals surface area (Å²) in [5, 5.41) is 2.80. The lowest BCUT2D eigenvalue weighted by atomic mass is 10.1. The van der Waals surface area contributed by atoms with Gasteiger partial charge in [0.05, 0.1) is 22.6 Å². The molecule has 0 spiro atoms. The maximum absolute atomic E-state index is 14.0. The lowest BCUT2D eigenvalue weighted by molar-refractivity contribution is 0.0527. The molecule has 6 nitrogen and oxygen atoms in total. The van der Waals surface area contributed by atoms with Gasteiger partial charge >= 0.3 is 5.97 Å². The average Bonchev–Trinajstić information content (AvgIpc) is 2.88. The van der Waals surface area contributed by atoms with Crippen LogP contribution >= 0.6 is 11.3 Å². The van der Waals surface area contributed by atoms with Gasteiger partial charge in [-0.3, -0.25) is 9.59 Å². The van der Waals surface area contributed by atoms with Crippen molar-refractivity contribution in [1.29, 1.82) is 0 Å². The zero-order chi connectivity index (χ0) is 21.7. The first-order valence-electron chi connectivity index (χ1n) is 10.1. The third-order valence-corrected chi connectivity index (χ3v) is 6.25. The van der Waals surface area contributed by atoms with Gasteiger partial charge in [0, 0.05) is 13.1 Å². The van der Waals surface area contributed by atoms with Crippen molar-refractivity contribution in [2.24, 2.45) is 0 Å². The first kappa shape index (κ1) is 22.0. The van der Waals surface area contributed by atoms with Gasteiger partial charge in [-0.15, -0.1) is 11.3 Å². The summed E-state index contributed by atoms with van der Waals surface area (Å²) in [4.78, 5) is 40.5. The smallest absolute Gasteiger partial charge is 0.341 e. The van der Waals surface area contributed by atoms with Crippen LogP contribution in [0.5, 0.6) is 0 Å². The van der Waals surface area contributed by atoms with E-state index in [9.17, 15) is 18.8 Å². The van der Waals surface area contributed by atoms with Crippen LogP contribution in [0.2, 0.25) is 0 Å². The van der Waals surface area contributed by atoms with Gasteiger partial charge in [-0.2, -0.15) is 0 Å². The van der Waals surface area contributed by atoms with Crippen LogP contribution in [0, 0.1) is 12.7 Å². The van der Waals surface area contributed by atoms with E-state index in [0.717, 1.165) is 37.0 Å². The number of carbonyl (C=O) groups is 3. The molecular weight excluding hydrogens is 407 g/mol. The highest BCUT2D eigenvalue weighted by Crippen LogP contribution is 2.35. The van der Waals surface area contributed by atoms with Gasteiger partial charge in [0.15, 0.2) is 0 Å². The van der Waals surface area contributed by atoms with Crippen LogP contribution in [-0.4, -0.2) is 42.4 Å². The third kappa shape index (κ3) is 4.70. The Morgan fingerprint density at radius 1 is 1.13 bits per heavy atom. The molecule has 1 aliphatic heterocycles. The molecular formula is C22H25FN2O4S. The summed E-state index contributed by atoms with van der Waals surface area (Å²) in [7, 11) is 0. The summed E-state index contributed by atoms with van der Waals surface area (Å²) in [5.74, 6) is -2.13. The van der Waals surface area contributed by atoms with Crippen LogP contribution in [0.1, 0.15) is 68.6 Å². The maximum Gasteiger partial charge on any atom is 0.341 e. The van der Waals surface area contributed by atoms with Crippen LogP contribution in [0.15, 0.2) is 24.3 Å². The molecule has 0 saturated carbocycles. The molecule has 2 amide bonds. The zero-order valence-electron chi connectivity index (χ0n) is 17.1. The largest absolute Gasteiger partial charge is 0.462 e. The van der Waals surface area contributed by atoms with E-state index < -0.39 is 17.7 Å². The van der Waals surface area contributed by atoms with E-state index in [0.29, 0.717) is 23.5 Å². The monoisotopic (exact) mass is 432 g/mol. The number of hydrogen-bond acceptors (Lipinski definition) is 5. The Labute approximate surface area is 179 Å². The van der Waals surface area contributed by atoms with Gasteiger partial charge < -0.3 is 15.0 Å². The number of halogens is 1. The van der Waals surface area contributed by atoms with Crippen LogP contribution in [-0.2, 0) is 4.74 Å². The Hall–Kier alpha value is -2.74. The molecule has 160 valence electrons. The molecule has 2 heterocycles. The van der Waals surface area contributed by atoms with Gasteiger partial charge in [-0.25, -0.2) is 9.18 Å². The molecule has 0 atom stereocenters. The molecule has 3 rings (SSSR count). The Bertz CT molecular complexity index is 949.